The van der Waals surface area contributed by atoms with E-state index in [0.717, 1.165) is 6.42 Å². The largest absolute Gasteiger partial charge is 0.478 e. The first-order valence-corrected chi connectivity index (χ1v) is 6.83. The first kappa shape index (κ1) is 11.5. The highest BCUT2D eigenvalue weighted by molar-refractivity contribution is 5.81. The van der Waals surface area contributed by atoms with E-state index in [1.807, 2.05) is 18.2 Å². The number of hydrogen-bond donors (Lipinski definition) is 1. The van der Waals surface area contributed by atoms with E-state index >= 15 is 0 Å². The quantitative estimate of drug-likeness (QED) is 0.841. The Hall–Kier alpha value is -2.35. The van der Waals surface area contributed by atoms with E-state index in [4.69, 9.17) is 5.11 Å². The molecule has 2 heteroatoms. The predicted molar refractivity (Wildman–Crippen MR) is 76.9 cm³/mol. The Kier molecular flexibility index (Phi) is 2.19. The third-order valence-corrected chi connectivity index (χ3v) is 4.67. The average molecular weight is 262 g/mol. The summed E-state index contributed by atoms with van der Waals surface area (Å²) in [6, 6.07) is 16.8. The molecule has 1 N–H and O–H groups in total. The Bertz CT molecular complexity index is 695. The number of rotatable bonds is 2. The molecule has 2 aromatic carbocycles. The molecule has 2 bridgehead atoms. The van der Waals surface area contributed by atoms with Crippen LogP contribution in [0.2, 0.25) is 0 Å². The van der Waals surface area contributed by atoms with Gasteiger partial charge in [0.05, 0.1) is 0 Å². The van der Waals surface area contributed by atoms with Gasteiger partial charge in [-0.3, -0.25) is 0 Å². The second kappa shape index (κ2) is 3.83. The summed E-state index contributed by atoms with van der Waals surface area (Å²) < 4.78 is 0. The van der Waals surface area contributed by atoms with Gasteiger partial charge in [0.1, 0.15) is 0 Å². The SMILES string of the molecule is O=C(O)/C=C/C12CC(c3ccccc31)c1ccccc12. The van der Waals surface area contributed by atoms with Crippen molar-refractivity contribution in [3.63, 3.8) is 0 Å². The molecule has 0 saturated carbocycles. The van der Waals surface area contributed by atoms with E-state index in [0.29, 0.717) is 5.92 Å². The summed E-state index contributed by atoms with van der Waals surface area (Å²) in [5.74, 6) is -0.481. The van der Waals surface area contributed by atoms with Crippen LogP contribution in [0.15, 0.2) is 60.7 Å². The van der Waals surface area contributed by atoms with Crippen LogP contribution in [0.1, 0.15) is 34.6 Å². The second-order valence-corrected chi connectivity index (χ2v) is 5.57. The van der Waals surface area contributed by atoms with Crippen LogP contribution in [0.4, 0.5) is 0 Å². The molecule has 0 amide bonds. The predicted octanol–water partition coefficient (Wildman–Crippen LogP) is 3.46. The number of allylic oxidation sites excluding steroid dienone is 1. The number of aliphatic carboxylic acids is 1. The number of fused-ring (bicyclic) bond motifs is 8. The highest BCUT2D eigenvalue weighted by Crippen LogP contribution is 2.60. The lowest BCUT2D eigenvalue weighted by Crippen LogP contribution is -2.21. The topological polar surface area (TPSA) is 37.3 Å². The van der Waals surface area contributed by atoms with Gasteiger partial charge in [0.2, 0.25) is 0 Å². The van der Waals surface area contributed by atoms with Crippen molar-refractivity contribution in [1.82, 2.24) is 0 Å². The summed E-state index contributed by atoms with van der Waals surface area (Å²) in [5.41, 5.74) is 4.97. The van der Waals surface area contributed by atoms with Crippen molar-refractivity contribution in [3.8, 4) is 0 Å². The Morgan fingerprint density at radius 3 is 2.15 bits per heavy atom. The molecular formula is C18H14O2. The molecule has 0 saturated heterocycles. The highest BCUT2D eigenvalue weighted by atomic mass is 16.4. The Labute approximate surface area is 117 Å². The Balaban J connectivity index is 2.00. The molecule has 0 unspecified atom stereocenters. The van der Waals surface area contributed by atoms with Gasteiger partial charge in [0, 0.05) is 17.4 Å². The number of hydrogen-bond acceptors (Lipinski definition) is 1. The van der Waals surface area contributed by atoms with E-state index in [-0.39, 0.29) is 5.41 Å². The van der Waals surface area contributed by atoms with Crippen molar-refractivity contribution < 1.29 is 9.90 Å². The van der Waals surface area contributed by atoms with Crippen LogP contribution in [0.5, 0.6) is 0 Å². The molecular weight excluding hydrogens is 248 g/mol. The Morgan fingerprint density at radius 2 is 1.60 bits per heavy atom. The Morgan fingerprint density at radius 1 is 1.05 bits per heavy atom. The summed E-state index contributed by atoms with van der Waals surface area (Å²) in [5, 5.41) is 9.01. The van der Waals surface area contributed by atoms with Gasteiger partial charge in [-0.15, -0.1) is 0 Å². The average Bonchev–Trinajstić information content (AvgIpc) is 2.98. The van der Waals surface area contributed by atoms with Gasteiger partial charge in [-0.05, 0) is 28.7 Å². The molecule has 0 heterocycles. The lowest BCUT2D eigenvalue weighted by molar-refractivity contribution is -0.131. The zero-order chi connectivity index (χ0) is 13.7. The minimum absolute atomic E-state index is 0.254. The maximum Gasteiger partial charge on any atom is 0.328 e. The molecule has 98 valence electrons. The van der Waals surface area contributed by atoms with Crippen LogP contribution in [0.3, 0.4) is 0 Å². The lowest BCUT2D eigenvalue weighted by Gasteiger charge is -2.28. The molecule has 2 aliphatic carbocycles. The molecule has 0 spiro atoms. The van der Waals surface area contributed by atoms with Crippen LogP contribution >= 0.6 is 0 Å². The van der Waals surface area contributed by atoms with E-state index in [2.05, 4.69) is 36.4 Å². The van der Waals surface area contributed by atoms with Crippen molar-refractivity contribution in [1.29, 1.82) is 0 Å². The van der Waals surface area contributed by atoms with Crippen molar-refractivity contribution in [2.24, 2.45) is 0 Å². The molecule has 2 nitrogen and oxygen atoms in total. The fourth-order valence-electron chi connectivity index (χ4n) is 3.95. The van der Waals surface area contributed by atoms with Gasteiger partial charge in [-0.2, -0.15) is 0 Å². The molecule has 4 rings (SSSR count). The first-order valence-electron chi connectivity index (χ1n) is 6.83. The first-order chi connectivity index (χ1) is 9.72. The van der Waals surface area contributed by atoms with Crippen molar-refractivity contribution >= 4 is 5.97 Å². The van der Waals surface area contributed by atoms with E-state index in [1.54, 1.807) is 0 Å². The molecule has 0 atom stereocenters. The lowest BCUT2D eigenvalue weighted by atomic mass is 9.75. The molecule has 0 radical (unpaired) electrons. The number of carbonyl (C=O) groups is 1. The monoisotopic (exact) mass is 262 g/mol. The number of carboxylic acid groups (broad SMARTS) is 1. The van der Waals surface area contributed by atoms with Gasteiger partial charge in [0.15, 0.2) is 0 Å². The zero-order valence-corrected chi connectivity index (χ0v) is 10.9. The van der Waals surface area contributed by atoms with Gasteiger partial charge in [0.25, 0.3) is 0 Å². The normalized spacial score (nSPS) is 25.7. The molecule has 2 aliphatic rings. The number of benzene rings is 2. The van der Waals surface area contributed by atoms with Crippen LogP contribution in [-0.2, 0) is 10.2 Å². The second-order valence-electron chi connectivity index (χ2n) is 5.57. The highest BCUT2D eigenvalue weighted by Gasteiger charge is 2.50. The summed E-state index contributed by atoms with van der Waals surface area (Å²) >= 11 is 0. The third kappa shape index (κ3) is 1.31. The van der Waals surface area contributed by atoms with Crippen LogP contribution in [0, 0.1) is 0 Å². The molecule has 2 aromatic rings. The smallest absolute Gasteiger partial charge is 0.328 e. The van der Waals surface area contributed by atoms with Crippen LogP contribution < -0.4 is 0 Å². The zero-order valence-electron chi connectivity index (χ0n) is 10.9. The molecule has 0 fully saturated rings. The van der Waals surface area contributed by atoms with E-state index in [1.165, 1.54) is 28.3 Å². The summed E-state index contributed by atoms with van der Waals surface area (Å²) in [6.45, 7) is 0. The summed E-state index contributed by atoms with van der Waals surface area (Å²) in [6.07, 6.45) is 4.12. The van der Waals surface area contributed by atoms with Crippen molar-refractivity contribution in [3.05, 3.63) is 82.9 Å². The maximum atomic E-state index is 11.0. The van der Waals surface area contributed by atoms with Crippen molar-refractivity contribution in [2.45, 2.75) is 17.8 Å². The molecule has 0 aliphatic heterocycles. The summed E-state index contributed by atoms with van der Waals surface area (Å²) in [7, 11) is 0. The summed E-state index contributed by atoms with van der Waals surface area (Å²) in [4.78, 5) is 11.0. The number of carboxylic acids is 1. The van der Waals surface area contributed by atoms with E-state index in [9.17, 15) is 4.79 Å². The fourth-order valence-corrected chi connectivity index (χ4v) is 3.95. The minimum Gasteiger partial charge on any atom is -0.478 e. The molecule has 20 heavy (non-hydrogen) atoms. The van der Waals surface area contributed by atoms with Gasteiger partial charge in [-0.25, -0.2) is 4.79 Å². The molecule has 0 aromatic heterocycles. The van der Waals surface area contributed by atoms with Crippen molar-refractivity contribution in [2.75, 3.05) is 0 Å². The van der Waals surface area contributed by atoms with E-state index < -0.39 is 5.97 Å². The third-order valence-electron chi connectivity index (χ3n) is 4.67. The standard InChI is InChI=1S/C18H14O2/c19-17(20)9-10-18-11-14(12-5-1-3-7-15(12)18)13-6-2-4-8-16(13)18/h1-10,14H,11H2,(H,19,20)/b10-9+. The minimum atomic E-state index is -0.885. The van der Waals surface area contributed by atoms with Gasteiger partial charge >= 0.3 is 5.97 Å². The fraction of sp³-hybridized carbons (Fsp3) is 0.167. The van der Waals surface area contributed by atoms with Gasteiger partial charge in [-0.1, -0.05) is 54.6 Å². The maximum absolute atomic E-state index is 11.0. The van der Waals surface area contributed by atoms with Crippen LogP contribution in [-0.4, -0.2) is 11.1 Å². The van der Waals surface area contributed by atoms with Crippen LogP contribution in [0.25, 0.3) is 0 Å². The van der Waals surface area contributed by atoms with Gasteiger partial charge < -0.3 is 5.11 Å².